The summed E-state index contributed by atoms with van der Waals surface area (Å²) in [4.78, 5) is 152. The molecule has 31 heteroatoms. The van der Waals surface area contributed by atoms with Crippen molar-refractivity contribution >= 4 is 108 Å². The Bertz CT molecular complexity index is 4390. The number of Topliss-reactive ketones (excluding diaryl/α,β-unsaturated/α-hetero) is 4. The van der Waals surface area contributed by atoms with Gasteiger partial charge in [0.1, 0.15) is 23.0 Å². The molecular formula is C72H75N15O16. The van der Waals surface area contributed by atoms with Crippen molar-refractivity contribution in [1.29, 1.82) is 0 Å². The second kappa shape index (κ2) is 32.9. The second-order valence-electron chi connectivity index (χ2n) is 25.4. The lowest BCUT2D eigenvalue weighted by Crippen LogP contribution is -2.42. The standard InChI is InChI=1S/C27H29N5O4.C23H21N5O8.C21H21N5O4.CH4/c1-26(2)10-19(33)17(20(34)11-26)14-28-24-30-23(16-8-6-5-7-9-16)31-25(32-24)29-15-18-21(35)12-27(3,4)13-22(18)36;1-22(2)33-16(29)13(17(30)34-22)10-24-20-26-15(12-8-6-5-7-9-12)27-21(28-20)25-11-14-18(31)35-23(3,4)36-19(14)32;1-12(27)17(13(2)28)10-22-20-24-19(16-8-6-5-7-9-16)25-21(26-20)23-11-18(14(3)29)15(4)30;/h5-9,14-15,33,35H,10-13H2,1-4H3;5-11H,1-4H3,(H2,24,25,26,27,28);5-11,27,29H,1-4H3;1H4. The van der Waals surface area contributed by atoms with E-state index < -0.39 is 46.6 Å². The number of ketones is 4. The van der Waals surface area contributed by atoms with Crippen LogP contribution in [0.2, 0.25) is 0 Å². The second-order valence-corrected chi connectivity index (χ2v) is 25.4. The Labute approximate surface area is 591 Å². The summed E-state index contributed by atoms with van der Waals surface area (Å²) in [5.74, 6) is -7.37. The van der Waals surface area contributed by atoms with Gasteiger partial charge in [-0.2, -0.15) is 44.9 Å². The zero-order valence-corrected chi connectivity index (χ0v) is 57.5. The normalized spacial score (nSPS) is 17.3. The van der Waals surface area contributed by atoms with Crippen molar-refractivity contribution in [2.75, 3.05) is 10.6 Å². The van der Waals surface area contributed by atoms with Crippen LogP contribution in [0.1, 0.15) is 116 Å². The number of nitrogens with zero attached hydrogens (tertiary/aromatic N) is 13. The van der Waals surface area contributed by atoms with Gasteiger partial charge in [-0.1, -0.05) is 126 Å². The average Bonchev–Trinajstić information content (AvgIpc) is 0.824. The zero-order chi connectivity index (χ0) is 74.4. The van der Waals surface area contributed by atoms with Crippen LogP contribution in [-0.2, 0) is 57.3 Å². The van der Waals surface area contributed by atoms with Crippen LogP contribution in [0.5, 0.6) is 0 Å². The van der Waals surface area contributed by atoms with E-state index in [1.807, 2.05) is 76.2 Å². The first-order valence-corrected chi connectivity index (χ1v) is 31.2. The van der Waals surface area contributed by atoms with E-state index in [4.69, 9.17) is 18.9 Å². The summed E-state index contributed by atoms with van der Waals surface area (Å²) in [5, 5.41) is 45.3. The summed E-state index contributed by atoms with van der Waals surface area (Å²) in [7, 11) is 0. The number of carbonyl (C=O) groups is 8. The molecule has 2 aliphatic heterocycles. The number of aliphatic hydroxyl groups excluding tert-OH is 4. The number of cyclic esters (lactones) is 4. The largest absolute Gasteiger partial charge is 0.512 e. The molecule has 5 heterocycles. The minimum absolute atomic E-state index is 0. The number of carbonyl (C=O) groups excluding carboxylic acids is 8. The van der Waals surface area contributed by atoms with Gasteiger partial charge in [0.15, 0.2) is 51.8 Å². The number of aliphatic hydroxyl groups is 4. The molecular weight excluding hydrogens is 1330 g/mol. The summed E-state index contributed by atoms with van der Waals surface area (Å²) in [5.41, 5.74) is 0.836. The van der Waals surface area contributed by atoms with Gasteiger partial charge in [0, 0.05) is 107 Å². The SMILES string of the molecule is C.CC(=O)C(C=Nc1nc(N=CC(C(C)=O)=C(C)O)nc(-c2ccccc2)n1)=C(C)O.CC1(C)CC(=O)C(C=Nc2nc(N=CC3=C(O)CC(C)(C)CC3=O)nc(-c3ccccc3)n2)=C(O)C1.CC1(C)OC(=O)C(=CNc2nc(NC=C3C(=O)OC(C)(C)OC3=O)nc(-c3ccccc3)n2)C(=O)O1. The molecule has 0 unspecified atom stereocenters. The molecule has 0 radical (unpaired) electrons. The molecule has 2 aliphatic carbocycles. The lowest BCUT2D eigenvalue weighted by molar-refractivity contribution is -0.224. The van der Waals surface area contributed by atoms with Crippen LogP contribution in [0.4, 0.5) is 35.7 Å². The van der Waals surface area contributed by atoms with Gasteiger partial charge < -0.3 is 50.0 Å². The van der Waals surface area contributed by atoms with Crippen molar-refractivity contribution < 1.29 is 77.7 Å². The number of aromatic nitrogens is 9. The lowest BCUT2D eigenvalue weighted by atomic mass is 9.77. The highest BCUT2D eigenvalue weighted by molar-refractivity contribution is 6.18. The third-order valence-electron chi connectivity index (χ3n) is 14.4. The smallest absolute Gasteiger partial charge is 0.350 e. The van der Waals surface area contributed by atoms with Crippen LogP contribution in [0.3, 0.4) is 0 Å². The summed E-state index contributed by atoms with van der Waals surface area (Å²) in [6, 6.07) is 27.0. The van der Waals surface area contributed by atoms with Crippen LogP contribution in [0.15, 0.2) is 180 Å². The van der Waals surface area contributed by atoms with Crippen molar-refractivity contribution in [3.05, 3.63) is 160 Å². The molecule has 4 aliphatic rings. The fourth-order valence-corrected chi connectivity index (χ4v) is 9.69. The lowest BCUT2D eigenvalue weighted by Gasteiger charge is -2.29. The molecule has 6 aromatic rings. The Hall–Kier alpha value is -12.8. The van der Waals surface area contributed by atoms with Crippen molar-refractivity contribution in [1.82, 2.24) is 44.9 Å². The maximum absolute atomic E-state index is 12.5. The zero-order valence-electron chi connectivity index (χ0n) is 57.5. The van der Waals surface area contributed by atoms with E-state index in [0.717, 1.165) is 24.8 Å². The van der Waals surface area contributed by atoms with E-state index in [1.54, 1.807) is 42.5 Å². The van der Waals surface area contributed by atoms with E-state index >= 15 is 0 Å². The monoisotopic (exact) mass is 1410 g/mol. The van der Waals surface area contributed by atoms with Crippen LogP contribution in [-0.4, -0.2) is 149 Å². The van der Waals surface area contributed by atoms with E-state index in [0.29, 0.717) is 48.2 Å². The molecule has 3 aromatic heterocycles. The van der Waals surface area contributed by atoms with Crippen LogP contribution < -0.4 is 10.6 Å². The van der Waals surface area contributed by atoms with Gasteiger partial charge in [0.05, 0.1) is 22.3 Å². The van der Waals surface area contributed by atoms with E-state index in [1.165, 1.54) is 67.8 Å². The van der Waals surface area contributed by atoms with Crippen molar-refractivity contribution in [3.63, 3.8) is 0 Å². The van der Waals surface area contributed by atoms with Gasteiger partial charge in [-0.05, 0) is 38.5 Å². The maximum Gasteiger partial charge on any atom is 0.350 e. The van der Waals surface area contributed by atoms with Gasteiger partial charge in [0.25, 0.3) is 35.4 Å². The minimum atomic E-state index is -1.39. The first-order chi connectivity index (χ1) is 48.0. The number of rotatable bonds is 17. The molecule has 103 heavy (non-hydrogen) atoms. The van der Waals surface area contributed by atoms with Crippen LogP contribution in [0, 0.1) is 10.8 Å². The molecule has 6 N–H and O–H groups in total. The third kappa shape index (κ3) is 21.6. The number of ether oxygens (including phenoxy) is 4. The fraction of sp³-hybridized carbons (Fsp3) is 0.292. The number of hydrogen-bond acceptors (Lipinski definition) is 31. The summed E-state index contributed by atoms with van der Waals surface area (Å²) in [6.45, 7) is 18.7. The molecule has 10 rings (SSSR count). The average molecular weight is 1410 g/mol. The summed E-state index contributed by atoms with van der Waals surface area (Å²) < 4.78 is 20.2. The van der Waals surface area contributed by atoms with E-state index in [2.05, 4.69) is 75.5 Å². The van der Waals surface area contributed by atoms with Gasteiger partial charge in [-0.15, -0.1) is 0 Å². The fourth-order valence-electron chi connectivity index (χ4n) is 9.69. The predicted molar refractivity (Wildman–Crippen MR) is 378 cm³/mol. The maximum atomic E-state index is 12.5. The van der Waals surface area contributed by atoms with Crippen molar-refractivity contribution in [3.8, 4) is 34.2 Å². The highest BCUT2D eigenvalue weighted by Crippen LogP contribution is 2.37. The Morgan fingerprint density at radius 3 is 1.00 bits per heavy atom. The van der Waals surface area contributed by atoms with Crippen molar-refractivity contribution in [2.24, 2.45) is 30.8 Å². The molecule has 3 aromatic carbocycles. The Kier molecular flexibility index (Phi) is 24.8. The van der Waals surface area contributed by atoms with E-state index in [9.17, 15) is 58.8 Å². The van der Waals surface area contributed by atoms with Gasteiger partial charge >= 0.3 is 23.9 Å². The Morgan fingerprint density at radius 2 is 0.718 bits per heavy atom. The number of esters is 4. The number of anilines is 2. The molecule has 0 amide bonds. The summed E-state index contributed by atoms with van der Waals surface area (Å²) >= 11 is 0. The molecule has 0 spiro atoms. The molecule has 0 atom stereocenters. The van der Waals surface area contributed by atoms with E-state index in [-0.39, 0.29) is 134 Å². The molecule has 0 bridgehead atoms. The molecule has 2 saturated heterocycles. The first kappa shape index (κ1) is 77.5. The summed E-state index contributed by atoms with van der Waals surface area (Å²) in [6.07, 6.45) is 8.28. The quantitative estimate of drug-likeness (QED) is 0.0162. The predicted octanol–water partition coefficient (Wildman–Crippen LogP) is 11.6. The molecule has 534 valence electrons. The van der Waals surface area contributed by atoms with Crippen molar-refractivity contribution in [2.45, 2.75) is 128 Å². The first-order valence-electron chi connectivity index (χ1n) is 31.2. The molecule has 31 nitrogen and oxygen atoms in total. The Balaban J connectivity index is 0.000000216. The molecule has 0 saturated carbocycles. The molecule has 2 fully saturated rings. The number of aliphatic imine (C=N–C) groups is 4. The van der Waals surface area contributed by atoms with Gasteiger partial charge in [-0.3, -0.25) is 19.2 Å². The van der Waals surface area contributed by atoms with Gasteiger partial charge in [-0.25, -0.2) is 39.1 Å². The third-order valence-corrected chi connectivity index (χ3v) is 14.4. The number of nitrogens with one attached hydrogen (secondary N) is 2. The van der Waals surface area contributed by atoms with Crippen LogP contribution in [0.25, 0.3) is 34.2 Å². The highest BCUT2D eigenvalue weighted by atomic mass is 16.8. The number of benzene rings is 3. The Morgan fingerprint density at radius 1 is 0.427 bits per heavy atom. The van der Waals surface area contributed by atoms with Crippen LogP contribution >= 0.6 is 0 Å². The highest BCUT2D eigenvalue weighted by Gasteiger charge is 2.41. The van der Waals surface area contributed by atoms with Gasteiger partial charge in [0.2, 0.25) is 11.9 Å². The number of allylic oxidation sites excluding steroid dienone is 8. The topological polar surface area (TPSA) is 444 Å². The minimum Gasteiger partial charge on any atom is -0.512 e. The number of hydrogen-bond donors (Lipinski definition) is 6.